The lowest BCUT2D eigenvalue weighted by molar-refractivity contribution is -0.192. The summed E-state index contributed by atoms with van der Waals surface area (Å²) >= 11 is 0. The Morgan fingerprint density at radius 1 is 1.18 bits per heavy atom. The molecule has 0 atom stereocenters. The summed E-state index contributed by atoms with van der Waals surface area (Å²) in [5.41, 5.74) is 1.64. The largest absolute Gasteiger partial charge is 0.490 e. The fraction of sp³-hybridized carbons (Fsp3) is 0.480. The number of halogens is 3. The molecule has 0 aliphatic carbocycles. The van der Waals surface area contributed by atoms with Crippen LogP contribution < -0.4 is 20.3 Å². The molecule has 2 heterocycles. The molecule has 2 aromatic rings. The molecule has 0 bridgehead atoms. The number of alkyl halides is 3. The number of aliphatic carboxylic acids is 1. The van der Waals surface area contributed by atoms with Crippen molar-refractivity contribution >= 4 is 33.4 Å². The Kier molecular flexibility index (Phi) is 12.1. The highest BCUT2D eigenvalue weighted by atomic mass is 32.2. The molecule has 1 aliphatic heterocycles. The van der Waals surface area contributed by atoms with Gasteiger partial charge in [0, 0.05) is 46.4 Å². The number of sulfonamides is 1. The number of carbonyl (C=O) groups excluding carboxylic acids is 1. The van der Waals surface area contributed by atoms with Gasteiger partial charge in [-0.1, -0.05) is 26.0 Å². The highest BCUT2D eigenvalue weighted by Gasteiger charge is 2.38. The van der Waals surface area contributed by atoms with E-state index in [1.54, 1.807) is 25.3 Å². The number of carboxylic acid groups (broad SMARTS) is 1. The molecule has 0 unspecified atom stereocenters. The predicted molar refractivity (Wildman–Crippen MR) is 143 cm³/mol. The van der Waals surface area contributed by atoms with Gasteiger partial charge in [-0.05, 0) is 36.1 Å². The second-order valence-corrected chi connectivity index (χ2v) is 10.7. The summed E-state index contributed by atoms with van der Waals surface area (Å²) in [6.07, 6.45) is -2.95. The van der Waals surface area contributed by atoms with Crippen molar-refractivity contribution in [1.82, 2.24) is 15.6 Å². The van der Waals surface area contributed by atoms with Crippen molar-refractivity contribution in [3.05, 3.63) is 47.7 Å². The Morgan fingerprint density at radius 2 is 1.77 bits per heavy atom. The summed E-state index contributed by atoms with van der Waals surface area (Å²) in [4.78, 5) is 28.5. The SMILES string of the molecule is COCCCNC(=O)c1cc(NS(=O)(=O)c2ccc(C(C)C)cc2)cnc1N1CCNCC1.O=C(O)C(F)(F)F. The van der Waals surface area contributed by atoms with E-state index in [-0.39, 0.29) is 16.5 Å². The summed E-state index contributed by atoms with van der Waals surface area (Å²) < 4.78 is 65.2. The number of amides is 1. The highest BCUT2D eigenvalue weighted by molar-refractivity contribution is 7.92. The van der Waals surface area contributed by atoms with Crippen LogP contribution in [0.5, 0.6) is 0 Å². The summed E-state index contributed by atoms with van der Waals surface area (Å²) in [7, 11) is -2.21. The molecule has 11 nitrogen and oxygen atoms in total. The quantitative estimate of drug-likeness (QED) is 0.307. The number of nitrogens with zero attached hydrogens (tertiary/aromatic N) is 2. The summed E-state index contributed by atoms with van der Waals surface area (Å²) in [5, 5.41) is 13.3. The van der Waals surface area contributed by atoms with E-state index < -0.39 is 22.2 Å². The Balaban J connectivity index is 0.000000708. The smallest absolute Gasteiger partial charge is 0.475 e. The van der Waals surface area contributed by atoms with Crippen molar-refractivity contribution in [2.75, 3.05) is 56.1 Å². The van der Waals surface area contributed by atoms with E-state index in [0.29, 0.717) is 50.0 Å². The second kappa shape index (κ2) is 14.8. The topological polar surface area (TPSA) is 150 Å². The van der Waals surface area contributed by atoms with Crippen molar-refractivity contribution in [3.8, 4) is 0 Å². The molecular weight excluding hydrogens is 555 g/mol. The minimum absolute atomic E-state index is 0.156. The zero-order valence-electron chi connectivity index (χ0n) is 22.4. The first kappa shape index (κ1) is 32.8. The van der Waals surface area contributed by atoms with Crippen LogP contribution in [0.3, 0.4) is 0 Å². The predicted octanol–water partition coefficient (Wildman–Crippen LogP) is 2.82. The first-order valence-corrected chi connectivity index (χ1v) is 13.9. The zero-order valence-corrected chi connectivity index (χ0v) is 23.2. The van der Waals surface area contributed by atoms with Crippen LogP contribution in [-0.4, -0.2) is 83.0 Å². The van der Waals surface area contributed by atoms with Gasteiger partial charge in [-0.2, -0.15) is 13.2 Å². The monoisotopic (exact) mass is 589 g/mol. The molecule has 4 N–H and O–H groups in total. The number of carboxylic acids is 1. The Morgan fingerprint density at radius 3 is 2.30 bits per heavy atom. The molecule has 1 aromatic heterocycles. The third kappa shape index (κ3) is 9.95. The maximum absolute atomic E-state index is 12.9. The van der Waals surface area contributed by atoms with Gasteiger partial charge in [-0.3, -0.25) is 9.52 Å². The van der Waals surface area contributed by atoms with E-state index in [1.807, 2.05) is 17.0 Å². The molecule has 3 rings (SSSR count). The van der Waals surface area contributed by atoms with Gasteiger partial charge in [0.2, 0.25) is 0 Å². The molecule has 0 saturated carbocycles. The van der Waals surface area contributed by atoms with Crippen molar-refractivity contribution in [1.29, 1.82) is 0 Å². The van der Waals surface area contributed by atoms with Gasteiger partial charge in [0.05, 0.1) is 22.3 Å². The van der Waals surface area contributed by atoms with E-state index in [0.717, 1.165) is 18.7 Å². The van der Waals surface area contributed by atoms with Crippen LogP contribution in [-0.2, 0) is 19.6 Å². The number of benzene rings is 1. The number of aromatic nitrogens is 1. The minimum Gasteiger partial charge on any atom is -0.475 e. The number of hydrogen-bond donors (Lipinski definition) is 4. The van der Waals surface area contributed by atoms with Crippen LogP contribution in [0.1, 0.15) is 42.1 Å². The van der Waals surface area contributed by atoms with Gasteiger partial charge >= 0.3 is 12.1 Å². The minimum atomic E-state index is -5.08. The number of pyridine rings is 1. The fourth-order valence-electron chi connectivity index (χ4n) is 3.57. The molecule has 40 heavy (non-hydrogen) atoms. The van der Waals surface area contributed by atoms with Gasteiger partial charge in [-0.15, -0.1) is 0 Å². The van der Waals surface area contributed by atoms with E-state index in [9.17, 15) is 26.4 Å². The average molecular weight is 590 g/mol. The van der Waals surface area contributed by atoms with Gasteiger partial charge < -0.3 is 25.4 Å². The highest BCUT2D eigenvalue weighted by Crippen LogP contribution is 2.25. The maximum Gasteiger partial charge on any atom is 0.490 e. The Labute approximate surface area is 231 Å². The standard InChI is InChI=1S/C23H33N5O4S.C2HF3O2/c1-17(2)18-5-7-20(8-6-18)33(30,31)27-19-15-21(23(29)25-9-4-14-32-3)22(26-16-19)28-12-10-24-11-13-28;3-2(4,5)1(6)7/h5-8,15-17,24,27H,4,9-14H2,1-3H3,(H,25,29);(H,6,7). The van der Waals surface area contributed by atoms with Crippen molar-refractivity contribution in [3.63, 3.8) is 0 Å². The molecule has 1 fully saturated rings. The molecule has 0 radical (unpaired) electrons. The summed E-state index contributed by atoms with van der Waals surface area (Å²) in [5.74, 6) is -2.20. The van der Waals surface area contributed by atoms with Crippen LogP contribution in [0.25, 0.3) is 0 Å². The Hall–Kier alpha value is -3.43. The molecule has 1 aliphatic rings. The lowest BCUT2D eigenvalue weighted by Crippen LogP contribution is -2.44. The third-order valence-electron chi connectivity index (χ3n) is 5.69. The first-order valence-electron chi connectivity index (χ1n) is 12.4. The third-order valence-corrected chi connectivity index (χ3v) is 7.09. The van der Waals surface area contributed by atoms with Crippen molar-refractivity contribution in [2.45, 2.75) is 37.3 Å². The van der Waals surface area contributed by atoms with Crippen molar-refractivity contribution in [2.24, 2.45) is 0 Å². The Bertz CT molecular complexity index is 1230. The lowest BCUT2D eigenvalue weighted by atomic mass is 10.0. The molecule has 1 aromatic carbocycles. The number of piperazine rings is 1. The first-order chi connectivity index (χ1) is 18.8. The number of methoxy groups -OCH3 is 1. The van der Waals surface area contributed by atoms with Gasteiger partial charge in [0.15, 0.2) is 0 Å². The number of ether oxygens (including phenoxy) is 1. The number of anilines is 2. The summed E-state index contributed by atoms with van der Waals surface area (Å²) in [6.45, 7) is 8.10. The number of carbonyl (C=O) groups is 2. The van der Waals surface area contributed by atoms with Crippen LogP contribution >= 0.6 is 0 Å². The molecule has 15 heteroatoms. The molecule has 222 valence electrons. The number of rotatable bonds is 10. The number of nitrogens with one attached hydrogen (secondary N) is 3. The van der Waals surface area contributed by atoms with E-state index in [2.05, 4.69) is 34.2 Å². The van der Waals surface area contributed by atoms with Gasteiger partial charge in [0.25, 0.3) is 15.9 Å². The average Bonchev–Trinajstić information content (AvgIpc) is 2.91. The lowest BCUT2D eigenvalue weighted by Gasteiger charge is -2.30. The number of hydrogen-bond acceptors (Lipinski definition) is 8. The van der Waals surface area contributed by atoms with Gasteiger partial charge in [-0.25, -0.2) is 18.2 Å². The fourth-order valence-corrected chi connectivity index (χ4v) is 4.60. The molecular formula is C25H34F3N5O6S. The second-order valence-electron chi connectivity index (χ2n) is 9.07. The zero-order chi connectivity index (χ0) is 29.9. The molecule has 1 saturated heterocycles. The van der Waals surface area contributed by atoms with E-state index >= 15 is 0 Å². The normalized spacial score (nSPS) is 13.8. The molecule has 1 amide bonds. The van der Waals surface area contributed by atoms with Crippen LogP contribution in [0.2, 0.25) is 0 Å². The summed E-state index contributed by atoms with van der Waals surface area (Å²) in [6, 6.07) is 8.34. The maximum atomic E-state index is 12.9. The van der Waals surface area contributed by atoms with Crippen molar-refractivity contribution < 1.29 is 41.0 Å². The van der Waals surface area contributed by atoms with E-state index in [1.165, 1.54) is 6.20 Å². The van der Waals surface area contributed by atoms with E-state index in [4.69, 9.17) is 14.6 Å². The van der Waals surface area contributed by atoms with Gasteiger partial charge in [0.1, 0.15) is 5.82 Å². The molecule has 0 spiro atoms. The van der Waals surface area contributed by atoms with Crippen LogP contribution in [0, 0.1) is 0 Å². The van der Waals surface area contributed by atoms with Crippen LogP contribution in [0.15, 0.2) is 41.4 Å². The van der Waals surface area contributed by atoms with Crippen LogP contribution in [0.4, 0.5) is 24.7 Å².